The molecular formula is C24H35N3O2. The van der Waals surface area contributed by atoms with E-state index >= 15 is 0 Å². The summed E-state index contributed by atoms with van der Waals surface area (Å²) in [6.45, 7) is 2.49. The third-order valence-electron chi connectivity index (χ3n) is 5.84. The Balaban J connectivity index is 1.57. The van der Waals surface area contributed by atoms with E-state index in [-0.39, 0.29) is 11.8 Å². The largest absolute Gasteiger partial charge is 0.349 e. The molecular weight excluding hydrogens is 362 g/mol. The van der Waals surface area contributed by atoms with Gasteiger partial charge in [-0.3, -0.25) is 9.59 Å². The van der Waals surface area contributed by atoms with Gasteiger partial charge in [-0.1, -0.05) is 31.4 Å². The molecule has 0 unspecified atom stereocenters. The molecule has 0 spiro atoms. The molecule has 5 nitrogen and oxygen atoms in total. The van der Waals surface area contributed by atoms with Crippen LogP contribution in [0.25, 0.3) is 6.08 Å². The van der Waals surface area contributed by atoms with Crippen LogP contribution in [0.2, 0.25) is 0 Å². The third kappa shape index (κ3) is 7.32. The summed E-state index contributed by atoms with van der Waals surface area (Å²) in [4.78, 5) is 29.1. The number of hydrogen-bond acceptors (Lipinski definition) is 3. The molecule has 29 heavy (non-hydrogen) atoms. The van der Waals surface area contributed by atoms with Gasteiger partial charge in [-0.05, 0) is 69.5 Å². The van der Waals surface area contributed by atoms with Gasteiger partial charge >= 0.3 is 0 Å². The molecule has 0 atom stereocenters. The van der Waals surface area contributed by atoms with Crippen molar-refractivity contribution in [2.75, 3.05) is 33.7 Å². The van der Waals surface area contributed by atoms with Gasteiger partial charge in [0.1, 0.15) is 0 Å². The molecule has 1 aromatic carbocycles. The molecule has 1 aromatic rings. The quantitative estimate of drug-likeness (QED) is 0.648. The van der Waals surface area contributed by atoms with Gasteiger partial charge in [0, 0.05) is 37.3 Å². The Morgan fingerprint density at radius 1 is 1.00 bits per heavy atom. The minimum absolute atomic E-state index is 0.0125. The van der Waals surface area contributed by atoms with Crippen molar-refractivity contribution >= 4 is 17.9 Å². The normalized spacial score (nSPS) is 17.6. The van der Waals surface area contributed by atoms with Gasteiger partial charge in [0.05, 0.1) is 0 Å². The number of nitrogens with zero attached hydrogens (tertiary/aromatic N) is 2. The number of carbonyl (C=O) groups is 2. The molecule has 2 fully saturated rings. The Kier molecular flexibility index (Phi) is 7.87. The van der Waals surface area contributed by atoms with Gasteiger partial charge < -0.3 is 15.1 Å². The summed E-state index contributed by atoms with van der Waals surface area (Å²) in [6, 6.07) is 7.81. The molecule has 2 amide bonds. The number of benzene rings is 1. The summed E-state index contributed by atoms with van der Waals surface area (Å²) in [5.41, 5.74) is 1.61. The van der Waals surface area contributed by atoms with E-state index in [0.29, 0.717) is 17.5 Å². The van der Waals surface area contributed by atoms with Gasteiger partial charge in [-0.25, -0.2) is 0 Å². The Labute approximate surface area is 175 Å². The Morgan fingerprint density at radius 2 is 1.69 bits per heavy atom. The summed E-state index contributed by atoms with van der Waals surface area (Å²) >= 11 is 0. The highest BCUT2D eigenvalue weighted by molar-refractivity contribution is 5.95. The van der Waals surface area contributed by atoms with Gasteiger partial charge in [0.15, 0.2) is 0 Å². The number of amides is 2. The second-order valence-electron chi connectivity index (χ2n) is 8.79. The summed E-state index contributed by atoms with van der Waals surface area (Å²) in [6.07, 6.45) is 12.1. The topological polar surface area (TPSA) is 52.7 Å². The molecule has 3 rings (SSSR count). The van der Waals surface area contributed by atoms with Crippen molar-refractivity contribution in [1.29, 1.82) is 0 Å². The lowest BCUT2D eigenvalue weighted by Crippen LogP contribution is -2.39. The Hall–Kier alpha value is -2.14. The van der Waals surface area contributed by atoms with Crippen molar-refractivity contribution in [2.45, 2.75) is 51.0 Å². The number of rotatable bonds is 9. The second kappa shape index (κ2) is 10.6. The zero-order chi connectivity index (χ0) is 20.6. The van der Waals surface area contributed by atoms with Gasteiger partial charge in [0.2, 0.25) is 5.91 Å². The number of nitrogens with one attached hydrogen (secondary N) is 1. The molecule has 0 saturated heterocycles. The van der Waals surface area contributed by atoms with E-state index < -0.39 is 0 Å². The lowest BCUT2D eigenvalue weighted by molar-refractivity contribution is -0.126. The van der Waals surface area contributed by atoms with Crippen LogP contribution < -0.4 is 5.32 Å². The molecule has 2 aliphatic rings. The average Bonchev–Trinajstić information content (AvgIpc) is 3.54. The first kappa shape index (κ1) is 21.6. The van der Waals surface area contributed by atoms with Gasteiger partial charge in [-0.2, -0.15) is 0 Å². The van der Waals surface area contributed by atoms with Crippen LogP contribution in [0.4, 0.5) is 0 Å². The SMILES string of the molecule is CN(C)CCN(CC1CCCCC1)C(=O)/C=C/c1ccc(C(=O)NC2CC2)cc1. The highest BCUT2D eigenvalue weighted by Gasteiger charge is 2.23. The van der Waals surface area contributed by atoms with E-state index in [4.69, 9.17) is 0 Å². The zero-order valence-corrected chi connectivity index (χ0v) is 17.9. The van der Waals surface area contributed by atoms with Gasteiger partial charge in [0.25, 0.3) is 5.91 Å². The minimum Gasteiger partial charge on any atom is -0.349 e. The van der Waals surface area contributed by atoms with Crippen molar-refractivity contribution < 1.29 is 9.59 Å². The number of carbonyl (C=O) groups excluding carboxylic acids is 2. The van der Waals surface area contributed by atoms with E-state index in [1.54, 1.807) is 6.08 Å². The van der Waals surface area contributed by atoms with Crippen LogP contribution in [0.1, 0.15) is 60.9 Å². The highest BCUT2D eigenvalue weighted by Crippen LogP contribution is 2.24. The molecule has 0 radical (unpaired) electrons. The molecule has 0 heterocycles. The van der Waals surface area contributed by atoms with E-state index in [0.717, 1.165) is 38.0 Å². The van der Waals surface area contributed by atoms with E-state index in [9.17, 15) is 9.59 Å². The average molecular weight is 398 g/mol. The van der Waals surface area contributed by atoms with Crippen molar-refractivity contribution in [3.63, 3.8) is 0 Å². The molecule has 1 N–H and O–H groups in total. The first-order chi connectivity index (χ1) is 14.0. The monoisotopic (exact) mass is 397 g/mol. The first-order valence-corrected chi connectivity index (χ1v) is 11.0. The molecule has 0 bridgehead atoms. The smallest absolute Gasteiger partial charge is 0.251 e. The summed E-state index contributed by atoms with van der Waals surface area (Å²) in [5, 5.41) is 2.99. The van der Waals surface area contributed by atoms with Crippen LogP contribution >= 0.6 is 0 Å². The zero-order valence-electron chi connectivity index (χ0n) is 17.9. The van der Waals surface area contributed by atoms with Crippen molar-refractivity contribution in [3.05, 3.63) is 41.5 Å². The summed E-state index contributed by atoms with van der Waals surface area (Å²) in [5.74, 6) is 0.696. The maximum atomic E-state index is 12.9. The lowest BCUT2D eigenvalue weighted by atomic mass is 9.89. The predicted molar refractivity (Wildman–Crippen MR) is 118 cm³/mol. The lowest BCUT2D eigenvalue weighted by Gasteiger charge is -2.30. The Morgan fingerprint density at radius 3 is 2.31 bits per heavy atom. The van der Waals surface area contributed by atoms with Crippen LogP contribution in [0, 0.1) is 5.92 Å². The fraction of sp³-hybridized carbons (Fsp3) is 0.583. The van der Waals surface area contributed by atoms with Gasteiger partial charge in [-0.15, -0.1) is 0 Å². The van der Waals surface area contributed by atoms with Crippen LogP contribution in [0.3, 0.4) is 0 Å². The van der Waals surface area contributed by atoms with Crippen molar-refractivity contribution in [3.8, 4) is 0 Å². The second-order valence-corrected chi connectivity index (χ2v) is 8.79. The highest BCUT2D eigenvalue weighted by atomic mass is 16.2. The van der Waals surface area contributed by atoms with Crippen molar-refractivity contribution in [1.82, 2.24) is 15.1 Å². The fourth-order valence-corrected chi connectivity index (χ4v) is 3.81. The summed E-state index contributed by atoms with van der Waals surface area (Å²) in [7, 11) is 4.08. The molecule has 2 aliphatic carbocycles. The van der Waals surface area contributed by atoms with E-state index in [1.807, 2.05) is 49.3 Å². The molecule has 0 aliphatic heterocycles. The maximum absolute atomic E-state index is 12.9. The molecule has 5 heteroatoms. The predicted octanol–water partition coefficient (Wildman–Crippen LogP) is 3.56. The molecule has 158 valence electrons. The number of hydrogen-bond donors (Lipinski definition) is 1. The van der Waals surface area contributed by atoms with E-state index in [1.165, 1.54) is 32.1 Å². The molecule has 2 saturated carbocycles. The number of likely N-dealkylation sites (N-methyl/N-ethyl adjacent to an activating group) is 1. The first-order valence-electron chi connectivity index (χ1n) is 11.0. The Bertz CT molecular complexity index is 701. The van der Waals surface area contributed by atoms with Crippen molar-refractivity contribution in [2.24, 2.45) is 5.92 Å². The van der Waals surface area contributed by atoms with Crippen LogP contribution in [0.5, 0.6) is 0 Å². The third-order valence-corrected chi connectivity index (χ3v) is 5.84. The van der Waals surface area contributed by atoms with Crippen LogP contribution in [-0.2, 0) is 4.79 Å². The minimum atomic E-state index is -0.0125. The summed E-state index contributed by atoms with van der Waals surface area (Å²) < 4.78 is 0. The standard InChI is InChI=1S/C24H35N3O2/c1-26(2)16-17-27(18-20-6-4-3-5-7-20)23(28)15-10-19-8-11-21(12-9-19)24(29)25-22-13-14-22/h8-12,15,20,22H,3-7,13-14,16-18H2,1-2H3,(H,25,29)/b15-10+. The van der Waals surface area contributed by atoms with Crippen LogP contribution in [0.15, 0.2) is 30.3 Å². The fourth-order valence-electron chi connectivity index (χ4n) is 3.81. The van der Waals surface area contributed by atoms with E-state index in [2.05, 4.69) is 10.2 Å². The molecule has 0 aromatic heterocycles. The maximum Gasteiger partial charge on any atom is 0.251 e. The van der Waals surface area contributed by atoms with Crippen LogP contribution in [-0.4, -0.2) is 61.4 Å².